The van der Waals surface area contributed by atoms with Crippen LogP contribution in [0.1, 0.15) is 32.1 Å². The predicted molar refractivity (Wildman–Crippen MR) is 138 cm³/mol. The second-order valence-corrected chi connectivity index (χ2v) is 26.9. The van der Waals surface area contributed by atoms with Crippen molar-refractivity contribution in [3.63, 3.8) is 0 Å². The molecule has 0 nitrogen and oxygen atoms in total. The first-order valence-electron chi connectivity index (χ1n) is 11.3. The van der Waals surface area contributed by atoms with Gasteiger partial charge in [0.15, 0.2) is 0 Å². The van der Waals surface area contributed by atoms with Crippen LogP contribution in [0.5, 0.6) is 0 Å². The van der Waals surface area contributed by atoms with Gasteiger partial charge in [0, 0.05) is 0 Å². The Hall–Kier alpha value is -0.129. The van der Waals surface area contributed by atoms with Crippen LogP contribution in [0, 0.1) is 5.92 Å². The van der Waals surface area contributed by atoms with Crippen molar-refractivity contribution in [3.05, 3.63) is 38.0 Å². The summed E-state index contributed by atoms with van der Waals surface area (Å²) in [5.74, 6) is 0.948. The third-order valence-corrected chi connectivity index (χ3v) is 15.5. The molecule has 0 saturated heterocycles. The highest BCUT2D eigenvalue weighted by Gasteiger charge is 2.24. The Balaban J connectivity index is 4.62. The smallest absolute Gasteiger partial charge is 0.0511 e. The van der Waals surface area contributed by atoms with E-state index in [9.17, 15) is 0 Å². The van der Waals surface area contributed by atoms with E-state index in [2.05, 4.69) is 77.2 Å². The molecule has 3 heteroatoms. The number of rotatable bonds is 17. The van der Waals surface area contributed by atoms with Gasteiger partial charge in [-0.3, -0.25) is 0 Å². The van der Waals surface area contributed by atoms with Gasteiger partial charge in [-0.2, -0.15) is 0 Å². The highest BCUT2D eigenvalue weighted by Crippen LogP contribution is 2.30. The zero-order chi connectivity index (χ0) is 21.0. The second kappa shape index (κ2) is 13.2. The molecule has 0 spiro atoms. The van der Waals surface area contributed by atoms with Crippen LogP contribution in [-0.2, 0) is 0 Å². The van der Waals surface area contributed by atoms with E-state index in [0.29, 0.717) is 0 Å². The van der Waals surface area contributed by atoms with Crippen molar-refractivity contribution < 1.29 is 0 Å². The molecule has 0 rings (SSSR count). The average Bonchev–Trinajstić information content (AvgIpc) is 2.51. The molecule has 0 aromatic heterocycles. The van der Waals surface area contributed by atoms with Gasteiger partial charge in [0.25, 0.3) is 0 Å². The molecular formula is C24H50Si3. The molecule has 0 aromatic rings. The van der Waals surface area contributed by atoms with E-state index in [1.54, 1.807) is 0 Å². The molecule has 0 unspecified atom stereocenters. The van der Waals surface area contributed by atoms with E-state index >= 15 is 0 Å². The van der Waals surface area contributed by atoms with Crippen LogP contribution in [0.25, 0.3) is 0 Å². The number of hydrogen-bond donors (Lipinski definition) is 0. The van der Waals surface area contributed by atoms with E-state index in [1.165, 1.54) is 68.4 Å². The largest absolute Gasteiger partial charge is 0.103 e. The van der Waals surface area contributed by atoms with Crippen LogP contribution >= 0.6 is 0 Å². The standard InChI is InChI=1S/C24H50Si3/c1-10-18-25(4,5)21-13-15-24(17-23-27(8,9)20-12-3)16-14-22-26(6,7)19-11-2/h10-12,24H,1-3,13-23H2,4-9H3. The van der Waals surface area contributed by atoms with E-state index < -0.39 is 24.2 Å². The Labute approximate surface area is 175 Å². The fraction of sp³-hybridized carbons (Fsp3) is 0.750. The maximum atomic E-state index is 3.99. The lowest BCUT2D eigenvalue weighted by atomic mass is 9.96. The van der Waals surface area contributed by atoms with Crippen molar-refractivity contribution in [2.45, 2.75) is 108 Å². The monoisotopic (exact) mass is 422 g/mol. The minimum Gasteiger partial charge on any atom is -0.103 e. The first-order chi connectivity index (χ1) is 12.5. The van der Waals surface area contributed by atoms with Gasteiger partial charge in [0.1, 0.15) is 0 Å². The first kappa shape index (κ1) is 26.9. The zero-order valence-electron chi connectivity index (χ0n) is 19.7. The molecule has 0 bridgehead atoms. The minimum atomic E-state index is -1.07. The van der Waals surface area contributed by atoms with Crippen molar-refractivity contribution in [1.29, 1.82) is 0 Å². The summed E-state index contributed by atoms with van der Waals surface area (Å²) in [6.07, 6.45) is 13.7. The molecule has 0 aromatic carbocycles. The topological polar surface area (TPSA) is 0 Å². The molecule has 0 fully saturated rings. The van der Waals surface area contributed by atoms with Crippen molar-refractivity contribution in [3.8, 4) is 0 Å². The highest BCUT2D eigenvalue weighted by atomic mass is 28.3. The fourth-order valence-electron chi connectivity index (χ4n) is 4.24. The minimum absolute atomic E-state index is 0.948. The van der Waals surface area contributed by atoms with Gasteiger partial charge in [-0.05, 0) is 24.1 Å². The van der Waals surface area contributed by atoms with Crippen LogP contribution in [0.3, 0.4) is 0 Å². The summed E-state index contributed by atoms with van der Waals surface area (Å²) in [5, 5.41) is 0. The maximum absolute atomic E-state index is 3.99. The van der Waals surface area contributed by atoms with E-state index in [-0.39, 0.29) is 0 Å². The molecule has 158 valence electrons. The van der Waals surface area contributed by atoms with E-state index in [4.69, 9.17) is 0 Å². The van der Waals surface area contributed by atoms with Crippen molar-refractivity contribution in [1.82, 2.24) is 0 Å². The Morgan fingerprint density at radius 1 is 0.556 bits per heavy atom. The SMILES string of the molecule is C=CC[Si](C)(C)CCCC(CCC[Si](C)(C)CC=C)CC[Si](C)(C)CC=C. The lowest BCUT2D eigenvalue weighted by Gasteiger charge is -2.27. The van der Waals surface area contributed by atoms with Gasteiger partial charge in [-0.15, -0.1) is 19.7 Å². The Kier molecular flexibility index (Phi) is 13.1. The van der Waals surface area contributed by atoms with Crippen molar-refractivity contribution in [2.75, 3.05) is 0 Å². The molecule has 0 atom stereocenters. The van der Waals surface area contributed by atoms with Gasteiger partial charge in [-0.1, -0.05) is 108 Å². The summed E-state index contributed by atoms with van der Waals surface area (Å²) >= 11 is 0. The Morgan fingerprint density at radius 3 is 1.22 bits per heavy atom. The molecule has 0 aliphatic heterocycles. The number of allylic oxidation sites excluding steroid dienone is 3. The molecule has 0 radical (unpaired) electrons. The second-order valence-electron chi connectivity index (χ2n) is 11.2. The van der Waals surface area contributed by atoms with E-state index in [0.717, 1.165) is 5.92 Å². The van der Waals surface area contributed by atoms with Crippen LogP contribution in [0.2, 0.25) is 75.5 Å². The lowest BCUT2D eigenvalue weighted by Crippen LogP contribution is -2.26. The third kappa shape index (κ3) is 14.5. The molecule has 0 heterocycles. The van der Waals surface area contributed by atoms with E-state index in [1.807, 2.05) is 0 Å². The summed E-state index contributed by atoms with van der Waals surface area (Å²) in [5.41, 5.74) is 0. The Bertz CT molecular complexity index is 407. The molecule has 0 saturated carbocycles. The predicted octanol–water partition coefficient (Wildman–Crippen LogP) is 9.24. The van der Waals surface area contributed by atoms with Crippen molar-refractivity contribution >= 4 is 24.2 Å². The van der Waals surface area contributed by atoms with Gasteiger partial charge >= 0.3 is 0 Å². The van der Waals surface area contributed by atoms with Gasteiger partial charge in [-0.25, -0.2) is 0 Å². The summed E-state index contributed by atoms with van der Waals surface area (Å²) in [4.78, 5) is 0. The normalized spacial score (nSPS) is 13.0. The average molecular weight is 423 g/mol. The first-order valence-corrected chi connectivity index (χ1v) is 21.5. The van der Waals surface area contributed by atoms with Crippen LogP contribution in [0.4, 0.5) is 0 Å². The fourth-order valence-corrected chi connectivity index (χ4v) is 10.7. The van der Waals surface area contributed by atoms with Gasteiger partial charge in [0.05, 0.1) is 24.2 Å². The summed E-state index contributed by atoms with van der Waals surface area (Å²) in [7, 11) is -3.15. The summed E-state index contributed by atoms with van der Waals surface area (Å²) in [6.45, 7) is 27.2. The van der Waals surface area contributed by atoms with Crippen LogP contribution in [-0.4, -0.2) is 24.2 Å². The molecule has 0 N–H and O–H groups in total. The Morgan fingerprint density at radius 2 is 0.889 bits per heavy atom. The summed E-state index contributed by atoms with van der Waals surface area (Å²) < 4.78 is 0. The molecule has 27 heavy (non-hydrogen) atoms. The lowest BCUT2D eigenvalue weighted by molar-refractivity contribution is 0.423. The van der Waals surface area contributed by atoms with Gasteiger partial charge in [0.2, 0.25) is 0 Å². The maximum Gasteiger partial charge on any atom is 0.0511 e. The summed E-state index contributed by atoms with van der Waals surface area (Å²) in [6, 6.07) is 8.25. The van der Waals surface area contributed by atoms with Crippen LogP contribution in [0.15, 0.2) is 38.0 Å². The zero-order valence-corrected chi connectivity index (χ0v) is 22.7. The van der Waals surface area contributed by atoms with Crippen LogP contribution < -0.4 is 0 Å². The third-order valence-electron chi connectivity index (χ3n) is 6.25. The molecule has 0 aliphatic rings. The highest BCUT2D eigenvalue weighted by molar-refractivity contribution is 6.78. The number of hydrogen-bond acceptors (Lipinski definition) is 0. The molecule has 0 aliphatic carbocycles. The van der Waals surface area contributed by atoms with Gasteiger partial charge < -0.3 is 0 Å². The quantitative estimate of drug-likeness (QED) is 0.162. The molecular weight excluding hydrogens is 373 g/mol. The molecule has 0 amide bonds. The van der Waals surface area contributed by atoms with Crippen molar-refractivity contribution in [2.24, 2.45) is 5.92 Å².